The third-order valence-electron chi connectivity index (χ3n) is 3.05. The second kappa shape index (κ2) is 6.21. The van der Waals surface area contributed by atoms with Crippen LogP contribution in [0.25, 0.3) is 11.5 Å². The number of aryl methyl sites for hydroxylation is 1. The third-order valence-corrected chi connectivity index (χ3v) is 3.05. The Hall–Kier alpha value is -2.63. The van der Waals surface area contributed by atoms with E-state index >= 15 is 0 Å². The van der Waals surface area contributed by atoms with E-state index in [0.717, 1.165) is 5.56 Å². The number of aromatic nitrogens is 1. The van der Waals surface area contributed by atoms with Crippen molar-refractivity contribution in [2.24, 2.45) is 5.73 Å². The van der Waals surface area contributed by atoms with Gasteiger partial charge in [0.2, 0.25) is 17.7 Å². The zero-order valence-corrected chi connectivity index (χ0v) is 12.0. The van der Waals surface area contributed by atoms with Crippen LogP contribution in [0, 0.1) is 6.92 Å². The van der Waals surface area contributed by atoms with Crippen LogP contribution in [0.2, 0.25) is 0 Å². The minimum Gasteiger partial charge on any atom is -0.441 e. The van der Waals surface area contributed by atoms with Gasteiger partial charge in [0.15, 0.2) is 0 Å². The number of nitrogens with two attached hydrogens (primary N) is 1. The van der Waals surface area contributed by atoms with Crippen molar-refractivity contribution in [3.8, 4) is 11.5 Å². The minimum absolute atomic E-state index is 0.0753. The van der Waals surface area contributed by atoms with E-state index in [1.54, 1.807) is 6.92 Å². The first-order chi connectivity index (χ1) is 9.97. The molecule has 21 heavy (non-hydrogen) atoms. The average molecular weight is 287 g/mol. The Bertz CT molecular complexity index is 649. The maximum atomic E-state index is 12.0. The predicted molar refractivity (Wildman–Crippen MR) is 77.2 cm³/mol. The van der Waals surface area contributed by atoms with E-state index in [4.69, 9.17) is 10.2 Å². The van der Waals surface area contributed by atoms with E-state index in [0.29, 0.717) is 17.3 Å². The molecule has 1 aromatic carbocycles. The van der Waals surface area contributed by atoms with Crippen LogP contribution in [0.5, 0.6) is 0 Å². The number of amides is 2. The van der Waals surface area contributed by atoms with Crippen LogP contribution >= 0.6 is 0 Å². The highest BCUT2D eigenvalue weighted by atomic mass is 16.4. The second-order valence-corrected chi connectivity index (χ2v) is 4.78. The fourth-order valence-electron chi connectivity index (χ4n) is 1.90. The third kappa shape index (κ3) is 3.68. The lowest BCUT2D eigenvalue weighted by molar-refractivity contribution is -0.133. The number of primary amides is 1. The fraction of sp³-hybridized carbons (Fsp3) is 0.267. The van der Waals surface area contributed by atoms with Crippen molar-refractivity contribution in [1.82, 2.24) is 9.88 Å². The van der Waals surface area contributed by atoms with Crippen molar-refractivity contribution in [2.75, 3.05) is 13.6 Å². The molecule has 0 fully saturated rings. The van der Waals surface area contributed by atoms with E-state index in [9.17, 15) is 9.59 Å². The number of benzene rings is 1. The summed E-state index contributed by atoms with van der Waals surface area (Å²) in [5.41, 5.74) is 6.48. The van der Waals surface area contributed by atoms with E-state index < -0.39 is 5.91 Å². The van der Waals surface area contributed by atoms with Crippen LogP contribution in [0.3, 0.4) is 0 Å². The number of carbonyl (C=O) groups excluding carboxylic acids is 2. The largest absolute Gasteiger partial charge is 0.441 e. The summed E-state index contributed by atoms with van der Waals surface area (Å²) in [7, 11) is 1.53. The minimum atomic E-state index is -0.548. The molecule has 2 N–H and O–H groups in total. The number of hydrogen-bond donors (Lipinski definition) is 1. The second-order valence-electron chi connectivity index (χ2n) is 4.78. The first kappa shape index (κ1) is 14.8. The van der Waals surface area contributed by atoms with Gasteiger partial charge in [0, 0.05) is 12.6 Å². The lowest BCUT2D eigenvalue weighted by atomic mass is 10.2. The highest BCUT2D eigenvalue weighted by Crippen LogP contribution is 2.21. The van der Waals surface area contributed by atoms with Crippen LogP contribution in [0.15, 0.2) is 34.7 Å². The van der Waals surface area contributed by atoms with Crippen LogP contribution in [0.1, 0.15) is 11.5 Å². The van der Waals surface area contributed by atoms with E-state index in [1.165, 1.54) is 11.9 Å². The molecule has 6 nitrogen and oxygen atoms in total. The van der Waals surface area contributed by atoms with Gasteiger partial charge in [0.1, 0.15) is 5.76 Å². The summed E-state index contributed by atoms with van der Waals surface area (Å²) in [5.74, 6) is 0.292. The van der Waals surface area contributed by atoms with E-state index in [2.05, 4.69) is 4.98 Å². The topological polar surface area (TPSA) is 89.4 Å². The maximum absolute atomic E-state index is 12.0. The van der Waals surface area contributed by atoms with Gasteiger partial charge in [-0.3, -0.25) is 9.59 Å². The van der Waals surface area contributed by atoms with Gasteiger partial charge in [-0.2, -0.15) is 0 Å². The molecule has 1 heterocycles. The summed E-state index contributed by atoms with van der Waals surface area (Å²) in [4.78, 5) is 28.4. The van der Waals surface area contributed by atoms with Crippen molar-refractivity contribution in [3.63, 3.8) is 0 Å². The standard InChI is InChI=1S/C15H17N3O3/c1-10-12(8-14(20)18(2)9-13(16)19)17-15(21-10)11-6-4-3-5-7-11/h3-7H,8-9H2,1-2H3,(H2,16,19). The Morgan fingerprint density at radius 2 is 1.95 bits per heavy atom. The molecule has 6 heteroatoms. The van der Waals surface area contributed by atoms with Crippen LogP contribution in [-0.4, -0.2) is 35.3 Å². The maximum Gasteiger partial charge on any atom is 0.237 e. The summed E-state index contributed by atoms with van der Waals surface area (Å²) in [6.07, 6.45) is 0.0753. The molecule has 0 atom stereocenters. The quantitative estimate of drug-likeness (QED) is 0.892. The zero-order chi connectivity index (χ0) is 15.4. The van der Waals surface area contributed by atoms with Crippen LogP contribution in [-0.2, 0) is 16.0 Å². The monoisotopic (exact) mass is 287 g/mol. The predicted octanol–water partition coefficient (Wildman–Crippen LogP) is 1.14. The zero-order valence-electron chi connectivity index (χ0n) is 12.0. The molecule has 0 saturated carbocycles. The smallest absolute Gasteiger partial charge is 0.237 e. The molecule has 2 amide bonds. The number of likely N-dealkylation sites (N-methyl/N-ethyl adjacent to an activating group) is 1. The molecule has 0 radical (unpaired) electrons. The molecule has 0 aliphatic carbocycles. The normalized spacial score (nSPS) is 10.4. The van der Waals surface area contributed by atoms with Gasteiger partial charge in [-0.15, -0.1) is 0 Å². The van der Waals surface area contributed by atoms with Gasteiger partial charge < -0.3 is 15.1 Å². The summed E-state index contributed by atoms with van der Waals surface area (Å²) in [6, 6.07) is 9.45. The summed E-state index contributed by atoms with van der Waals surface area (Å²) < 4.78 is 5.59. The molecule has 0 saturated heterocycles. The summed E-state index contributed by atoms with van der Waals surface area (Å²) >= 11 is 0. The van der Waals surface area contributed by atoms with Crippen molar-refractivity contribution in [1.29, 1.82) is 0 Å². The Labute approximate surface area is 122 Å². The molecular weight excluding hydrogens is 270 g/mol. The highest BCUT2D eigenvalue weighted by Gasteiger charge is 2.17. The van der Waals surface area contributed by atoms with Crippen molar-refractivity contribution in [2.45, 2.75) is 13.3 Å². The molecule has 110 valence electrons. The first-order valence-electron chi connectivity index (χ1n) is 6.51. The Kier molecular flexibility index (Phi) is 4.37. The van der Waals surface area contributed by atoms with Crippen LogP contribution < -0.4 is 5.73 Å². The van der Waals surface area contributed by atoms with Gasteiger partial charge >= 0.3 is 0 Å². The van der Waals surface area contributed by atoms with Gasteiger partial charge in [0.05, 0.1) is 18.7 Å². The van der Waals surface area contributed by atoms with Gasteiger partial charge in [-0.05, 0) is 19.1 Å². The molecule has 0 bridgehead atoms. The van der Waals surface area contributed by atoms with Crippen LogP contribution in [0.4, 0.5) is 0 Å². The van der Waals surface area contributed by atoms with Gasteiger partial charge in [0.25, 0.3) is 0 Å². The number of carbonyl (C=O) groups is 2. The Morgan fingerprint density at radius 1 is 1.29 bits per heavy atom. The van der Waals surface area contributed by atoms with Gasteiger partial charge in [-0.25, -0.2) is 4.98 Å². The fourth-order valence-corrected chi connectivity index (χ4v) is 1.90. The Morgan fingerprint density at radius 3 is 2.57 bits per heavy atom. The molecule has 2 aromatic rings. The van der Waals surface area contributed by atoms with E-state index in [-0.39, 0.29) is 18.9 Å². The number of rotatable bonds is 5. The average Bonchev–Trinajstić information content (AvgIpc) is 2.80. The summed E-state index contributed by atoms with van der Waals surface area (Å²) in [5, 5.41) is 0. The molecule has 0 aliphatic rings. The number of hydrogen-bond acceptors (Lipinski definition) is 4. The SMILES string of the molecule is Cc1oc(-c2ccccc2)nc1CC(=O)N(C)CC(N)=O. The lowest BCUT2D eigenvalue weighted by Gasteiger charge is -2.13. The summed E-state index contributed by atoms with van der Waals surface area (Å²) in [6.45, 7) is 1.65. The Balaban J connectivity index is 2.13. The molecule has 0 aliphatic heterocycles. The van der Waals surface area contributed by atoms with Crippen molar-refractivity contribution >= 4 is 11.8 Å². The van der Waals surface area contributed by atoms with Crippen molar-refractivity contribution < 1.29 is 14.0 Å². The molecular formula is C15H17N3O3. The van der Waals surface area contributed by atoms with E-state index in [1.807, 2.05) is 30.3 Å². The number of nitrogens with zero attached hydrogens (tertiary/aromatic N) is 2. The first-order valence-corrected chi connectivity index (χ1v) is 6.51. The van der Waals surface area contributed by atoms with Gasteiger partial charge in [-0.1, -0.05) is 18.2 Å². The lowest BCUT2D eigenvalue weighted by Crippen LogP contribution is -2.36. The molecule has 1 aromatic heterocycles. The molecule has 2 rings (SSSR count). The molecule has 0 spiro atoms. The molecule has 0 unspecified atom stereocenters. The highest BCUT2D eigenvalue weighted by molar-refractivity contribution is 5.84. The van der Waals surface area contributed by atoms with Crippen molar-refractivity contribution in [3.05, 3.63) is 41.8 Å². The number of oxazole rings is 1.